The number of nitrogens with one attached hydrogen (secondary N) is 1. The van der Waals surface area contributed by atoms with Gasteiger partial charge >= 0.3 is 0 Å². The van der Waals surface area contributed by atoms with E-state index >= 15 is 0 Å². The van der Waals surface area contributed by atoms with Gasteiger partial charge in [0.15, 0.2) is 0 Å². The molecule has 2 fully saturated rings. The number of carbonyl (C=O) groups is 1. The van der Waals surface area contributed by atoms with Crippen LogP contribution >= 0.6 is 0 Å². The molecular formula is C17H22N2O2. The number of benzene rings is 1. The Morgan fingerprint density at radius 2 is 1.95 bits per heavy atom. The summed E-state index contributed by atoms with van der Waals surface area (Å²) in [6, 6.07) is 8.56. The van der Waals surface area contributed by atoms with Gasteiger partial charge < -0.3 is 15.0 Å². The summed E-state index contributed by atoms with van der Waals surface area (Å²) in [5.41, 5.74) is 2.27. The van der Waals surface area contributed by atoms with Crippen LogP contribution in [-0.4, -0.2) is 42.1 Å². The number of amides is 1. The van der Waals surface area contributed by atoms with Crippen molar-refractivity contribution in [3.05, 3.63) is 29.8 Å². The summed E-state index contributed by atoms with van der Waals surface area (Å²) in [6.45, 7) is 3.70. The second kappa shape index (κ2) is 5.02. The Morgan fingerprint density at radius 1 is 1.24 bits per heavy atom. The van der Waals surface area contributed by atoms with Crippen molar-refractivity contribution in [2.75, 3.05) is 18.4 Å². The Hall–Kier alpha value is -1.55. The highest BCUT2D eigenvalue weighted by atomic mass is 16.5. The van der Waals surface area contributed by atoms with Crippen LogP contribution in [-0.2, 0) is 9.53 Å². The van der Waals surface area contributed by atoms with Crippen LogP contribution in [0.15, 0.2) is 24.3 Å². The summed E-state index contributed by atoms with van der Waals surface area (Å²) in [5, 5.41) is 3.48. The first-order chi connectivity index (χ1) is 10.2. The molecule has 21 heavy (non-hydrogen) atoms. The van der Waals surface area contributed by atoms with E-state index in [4.69, 9.17) is 4.74 Å². The molecule has 2 saturated heterocycles. The first kappa shape index (κ1) is 13.1. The minimum atomic E-state index is -0.00468. The lowest BCUT2D eigenvalue weighted by atomic mass is 9.86. The average Bonchev–Trinajstić information content (AvgIpc) is 2.84. The van der Waals surface area contributed by atoms with E-state index in [0.717, 1.165) is 43.6 Å². The number of morpholine rings is 1. The van der Waals surface area contributed by atoms with Gasteiger partial charge in [-0.05, 0) is 37.8 Å². The standard InChI is InChI=1S/C17H22N2O2/c1-11-8-15(14-4-2-3-5-16(14)18-11)17(20)19-9-12-6-7-13(10-19)21-12/h2-5,11-13,15,18H,6-10H2,1H3. The van der Waals surface area contributed by atoms with Crippen molar-refractivity contribution >= 4 is 11.6 Å². The van der Waals surface area contributed by atoms with E-state index in [2.05, 4.69) is 24.4 Å². The highest BCUT2D eigenvalue weighted by Crippen LogP contribution is 2.36. The van der Waals surface area contributed by atoms with Gasteiger partial charge in [0.1, 0.15) is 0 Å². The maximum Gasteiger partial charge on any atom is 0.230 e. The molecule has 4 nitrogen and oxygen atoms in total. The second-order valence-corrected chi connectivity index (χ2v) is 6.62. The van der Waals surface area contributed by atoms with Gasteiger partial charge in [-0.2, -0.15) is 0 Å². The van der Waals surface area contributed by atoms with E-state index in [1.165, 1.54) is 0 Å². The Kier molecular flexibility index (Phi) is 3.14. The number of ether oxygens (including phenoxy) is 1. The predicted octanol–water partition coefficient (Wildman–Crippen LogP) is 2.36. The van der Waals surface area contributed by atoms with Gasteiger partial charge in [0.2, 0.25) is 5.91 Å². The zero-order valence-electron chi connectivity index (χ0n) is 12.4. The monoisotopic (exact) mass is 286 g/mol. The van der Waals surface area contributed by atoms with E-state index < -0.39 is 0 Å². The third-order valence-corrected chi connectivity index (χ3v) is 4.98. The Bertz CT molecular complexity index is 547. The van der Waals surface area contributed by atoms with E-state index in [-0.39, 0.29) is 24.0 Å². The molecule has 0 aromatic heterocycles. The summed E-state index contributed by atoms with van der Waals surface area (Å²) in [5.74, 6) is 0.283. The topological polar surface area (TPSA) is 41.6 Å². The average molecular weight is 286 g/mol. The number of anilines is 1. The molecular weight excluding hydrogens is 264 g/mol. The zero-order chi connectivity index (χ0) is 14.4. The fourth-order valence-electron chi connectivity index (χ4n) is 3.99. The number of carbonyl (C=O) groups excluding carboxylic acids is 1. The second-order valence-electron chi connectivity index (χ2n) is 6.62. The number of likely N-dealkylation sites (tertiary alicyclic amines) is 1. The lowest BCUT2D eigenvalue weighted by Gasteiger charge is -2.37. The van der Waals surface area contributed by atoms with Crippen molar-refractivity contribution in [2.24, 2.45) is 0 Å². The van der Waals surface area contributed by atoms with Gasteiger partial charge in [-0.25, -0.2) is 0 Å². The third-order valence-electron chi connectivity index (χ3n) is 4.98. The summed E-state index contributed by atoms with van der Waals surface area (Å²) in [6.07, 6.45) is 3.62. The minimum Gasteiger partial charge on any atom is -0.382 e. The van der Waals surface area contributed by atoms with Crippen LogP contribution in [0, 0.1) is 0 Å². The third kappa shape index (κ3) is 2.31. The normalized spacial score (nSPS) is 34.2. The Labute approximate surface area is 125 Å². The number of hydrogen-bond acceptors (Lipinski definition) is 3. The Balaban J connectivity index is 1.59. The van der Waals surface area contributed by atoms with Gasteiger partial charge in [0.05, 0.1) is 18.1 Å². The fourth-order valence-corrected chi connectivity index (χ4v) is 3.99. The van der Waals surface area contributed by atoms with Gasteiger partial charge in [0, 0.05) is 24.8 Å². The van der Waals surface area contributed by atoms with E-state index in [9.17, 15) is 4.79 Å². The molecule has 1 N–H and O–H groups in total. The smallest absolute Gasteiger partial charge is 0.230 e. The highest BCUT2D eigenvalue weighted by Gasteiger charge is 2.39. The molecule has 112 valence electrons. The van der Waals surface area contributed by atoms with Crippen LogP contribution in [0.1, 0.15) is 37.7 Å². The van der Waals surface area contributed by atoms with Crippen molar-refractivity contribution in [2.45, 2.75) is 50.4 Å². The van der Waals surface area contributed by atoms with Crippen LogP contribution in [0.3, 0.4) is 0 Å². The van der Waals surface area contributed by atoms with Crippen LogP contribution in [0.2, 0.25) is 0 Å². The molecule has 0 aliphatic carbocycles. The lowest BCUT2D eigenvalue weighted by Crippen LogP contribution is -2.48. The number of fused-ring (bicyclic) bond motifs is 3. The molecule has 3 aliphatic rings. The zero-order valence-corrected chi connectivity index (χ0v) is 12.4. The van der Waals surface area contributed by atoms with Crippen molar-refractivity contribution in [3.63, 3.8) is 0 Å². The minimum absolute atomic E-state index is 0.00468. The van der Waals surface area contributed by atoms with E-state index in [0.29, 0.717) is 6.04 Å². The van der Waals surface area contributed by atoms with Crippen LogP contribution in [0.4, 0.5) is 5.69 Å². The van der Waals surface area contributed by atoms with Crippen molar-refractivity contribution in [3.8, 4) is 0 Å². The first-order valence-electron chi connectivity index (χ1n) is 8.00. The van der Waals surface area contributed by atoms with Crippen LogP contribution in [0.5, 0.6) is 0 Å². The Morgan fingerprint density at radius 3 is 2.71 bits per heavy atom. The summed E-state index contributed by atoms with van der Waals surface area (Å²) < 4.78 is 5.85. The van der Waals surface area contributed by atoms with Gasteiger partial charge in [-0.1, -0.05) is 18.2 Å². The number of para-hydroxylation sites is 1. The molecule has 1 amide bonds. The molecule has 4 unspecified atom stereocenters. The molecule has 1 aromatic rings. The first-order valence-corrected chi connectivity index (χ1v) is 8.00. The molecule has 4 rings (SSSR count). The highest BCUT2D eigenvalue weighted by molar-refractivity contribution is 5.86. The molecule has 4 atom stereocenters. The van der Waals surface area contributed by atoms with Gasteiger partial charge in [0.25, 0.3) is 0 Å². The largest absolute Gasteiger partial charge is 0.382 e. The SMILES string of the molecule is CC1CC(C(=O)N2CC3CCC(C2)O3)c2ccccc2N1. The van der Waals surface area contributed by atoms with Crippen molar-refractivity contribution in [1.29, 1.82) is 0 Å². The van der Waals surface area contributed by atoms with Gasteiger partial charge in [-0.3, -0.25) is 4.79 Å². The fraction of sp³-hybridized carbons (Fsp3) is 0.588. The van der Waals surface area contributed by atoms with Crippen LogP contribution in [0.25, 0.3) is 0 Å². The maximum absolute atomic E-state index is 13.0. The quantitative estimate of drug-likeness (QED) is 0.861. The summed E-state index contributed by atoms with van der Waals surface area (Å²) in [4.78, 5) is 15.1. The molecule has 0 radical (unpaired) electrons. The summed E-state index contributed by atoms with van der Waals surface area (Å²) in [7, 11) is 0. The molecule has 0 saturated carbocycles. The van der Waals surface area contributed by atoms with E-state index in [1.54, 1.807) is 0 Å². The van der Waals surface area contributed by atoms with Crippen molar-refractivity contribution in [1.82, 2.24) is 4.90 Å². The van der Waals surface area contributed by atoms with Crippen LogP contribution < -0.4 is 5.32 Å². The number of nitrogens with zero attached hydrogens (tertiary/aromatic N) is 1. The molecule has 4 heteroatoms. The van der Waals surface area contributed by atoms with E-state index in [1.807, 2.05) is 17.0 Å². The lowest BCUT2D eigenvalue weighted by molar-refractivity contribution is -0.141. The van der Waals surface area contributed by atoms with Gasteiger partial charge in [-0.15, -0.1) is 0 Å². The molecule has 2 bridgehead atoms. The maximum atomic E-state index is 13.0. The number of hydrogen-bond donors (Lipinski definition) is 1. The number of rotatable bonds is 1. The van der Waals surface area contributed by atoms with Crippen molar-refractivity contribution < 1.29 is 9.53 Å². The summed E-state index contributed by atoms with van der Waals surface area (Å²) >= 11 is 0. The molecule has 1 aromatic carbocycles. The predicted molar refractivity (Wildman–Crippen MR) is 81.4 cm³/mol. The molecule has 3 aliphatic heterocycles. The molecule has 0 spiro atoms. The molecule has 3 heterocycles.